The summed E-state index contributed by atoms with van der Waals surface area (Å²) in [5.41, 5.74) is 2.37. The first kappa shape index (κ1) is 24.0. The molecule has 0 aliphatic carbocycles. The number of alkyl halides is 3. The van der Waals surface area contributed by atoms with E-state index in [1.54, 1.807) is 37.4 Å². The molecule has 8 heteroatoms. The first-order chi connectivity index (χ1) is 15.7. The molecule has 0 aliphatic heterocycles. The van der Waals surface area contributed by atoms with Crippen LogP contribution in [0.4, 0.5) is 13.2 Å². The van der Waals surface area contributed by atoms with Crippen LogP contribution in [0.15, 0.2) is 66.7 Å². The predicted molar refractivity (Wildman–Crippen MR) is 117 cm³/mol. The molecular formula is C25H22F3NO4. The third kappa shape index (κ3) is 6.20. The van der Waals surface area contributed by atoms with Crippen LogP contribution in [-0.2, 0) is 17.6 Å². The second-order valence-electron chi connectivity index (χ2n) is 7.41. The predicted octanol–water partition coefficient (Wildman–Crippen LogP) is 5.50. The molecule has 0 saturated carbocycles. The van der Waals surface area contributed by atoms with Crippen LogP contribution in [0, 0.1) is 0 Å². The highest BCUT2D eigenvalue weighted by atomic mass is 19.4. The van der Waals surface area contributed by atoms with E-state index >= 15 is 0 Å². The Morgan fingerprint density at radius 2 is 1.79 bits per heavy atom. The lowest BCUT2D eigenvalue weighted by Gasteiger charge is -2.17. The van der Waals surface area contributed by atoms with E-state index in [0.29, 0.717) is 28.7 Å². The number of rotatable bonds is 9. The first-order valence-electron chi connectivity index (χ1n) is 10.1. The van der Waals surface area contributed by atoms with Gasteiger partial charge in [-0.15, -0.1) is 0 Å². The smallest absolute Gasteiger partial charge is 0.416 e. The van der Waals surface area contributed by atoms with E-state index < -0.39 is 23.8 Å². The second-order valence-corrected chi connectivity index (χ2v) is 7.41. The molecule has 0 fully saturated rings. The summed E-state index contributed by atoms with van der Waals surface area (Å²) in [6.07, 6.45) is -3.90. The summed E-state index contributed by atoms with van der Waals surface area (Å²) in [5.74, 6) is -0.551. The summed E-state index contributed by atoms with van der Waals surface area (Å²) in [6.45, 7) is 0.177. The normalized spacial score (nSPS) is 12.2. The average molecular weight is 457 g/mol. The van der Waals surface area contributed by atoms with E-state index in [-0.39, 0.29) is 13.0 Å². The Morgan fingerprint density at radius 3 is 2.39 bits per heavy atom. The number of aliphatic carboxylic acids is 1. The molecule has 0 aliphatic rings. The van der Waals surface area contributed by atoms with Crippen LogP contribution in [0.25, 0.3) is 11.1 Å². The van der Waals surface area contributed by atoms with Crippen molar-refractivity contribution in [2.75, 3.05) is 7.05 Å². The fraction of sp³-hybridized carbons (Fsp3) is 0.200. The minimum absolute atomic E-state index is 0.172. The minimum Gasteiger partial charge on any atom is -0.489 e. The molecule has 0 aromatic heterocycles. The van der Waals surface area contributed by atoms with Crippen LogP contribution in [0.2, 0.25) is 0 Å². The zero-order chi connectivity index (χ0) is 24.0. The SMILES string of the molecule is CNC(CC(=O)O)c1ccc(OCc2cccc(-c3ccc(C(F)(F)F)cc3)c2)cc1C=O. The van der Waals surface area contributed by atoms with Gasteiger partial charge in [-0.1, -0.05) is 36.4 Å². The van der Waals surface area contributed by atoms with Gasteiger partial charge >= 0.3 is 12.1 Å². The molecule has 1 unspecified atom stereocenters. The number of hydrogen-bond acceptors (Lipinski definition) is 4. The summed E-state index contributed by atoms with van der Waals surface area (Å²) in [7, 11) is 1.62. The van der Waals surface area contributed by atoms with Gasteiger partial charge in [-0.2, -0.15) is 13.2 Å². The van der Waals surface area contributed by atoms with Crippen LogP contribution < -0.4 is 10.1 Å². The van der Waals surface area contributed by atoms with E-state index in [2.05, 4.69) is 5.32 Å². The Labute approximate surface area is 188 Å². The molecule has 0 bridgehead atoms. The number of nitrogens with one attached hydrogen (secondary N) is 1. The average Bonchev–Trinajstić information content (AvgIpc) is 2.80. The third-order valence-corrected chi connectivity index (χ3v) is 5.17. The van der Waals surface area contributed by atoms with Crippen LogP contribution in [0.3, 0.4) is 0 Å². The van der Waals surface area contributed by atoms with Crippen molar-refractivity contribution in [1.82, 2.24) is 5.32 Å². The summed E-state index contributed by atoms with van der Waals surface area (Å²) < 4.78 is 44.1. The molecule has 172 valence electrons. The molecule has 3 aromatic carbocycles. The molecule has 1 atom stereocenters. The largest absolute Gasteiger partial charge is 0.489 e. The Hall–Kier alpha value is -3.65. The van der Waals surface area contributed by atoms with Crippen molar-refractivity contribution in [1.29, 1.82) is 0 Å². The number of halogens is 3. The molecule has 2 N–H and O–H groups in total. The molecular weight excluding hydrogens is 435 g/mol. The molecule has 3 aromatic rings. The number of hydrogen-bond donors (Lipinski definition) is 2. The maximum atomic E-state index is 12.8. The highest BCUT2D eigenvalue weighted by Crippen LogP contribution is 2.31. The van der Waals surface area contributed by atoms with Crippen LogP contribution in [0.5, 0.6) is 5.75 Å². The fourth-order valence-electron chi connectivity index (χ4n) is 3.46. The van der Waals surface area contributed by atoms with Gasteiger partial charge in [0.2, 0.25) is 0 Å². The number of carbonyl (C=O) groups is 2. The number of carboxylic acids is 1. The van der Waals surface area contributed by atoms with Crippen LogP contribution in [0.1, 0.15) is 39.5 Å². The van der Waals surface area contributed by atoms with Gasteiger partial charge in [-0.3, -0.25) is 9.59 Å². The third-order valence-electron chi connectivity index (χ3n) is 5.17. The second kappa shape index (κ2) is 10.3. The van der Waals surface area contributed by atoms with Crippen molar-refractivity contribution < 1.29 is 32.6 Å². The molecule has 5 nitrogen and oxygen atoms in total. The van der Waals surface area contributed by atoms with Crippen molar-refractivity contribution in [3.8, 4) is 16.9 Å². The van der Waals surface area contributed by atoms with Gasteiger partial charge in [0.05, 0.1) is 12.0 Å². The van der Waals surface area contributed by atoms with E-state index in [1.807, 2.05) is 12.1 Å². The number of carboxylic acid groups (broad SMARTS) is 1. The Kier molecular flexibility index (Phi) is 7.50. The lowest BCUT2D eigenvalue weighted by Crippen LogP contribution is -2.21. The lowest BCUT2D eigenvalue weighted by atomic mass is 9.98. The van der Waals surface area contributed by atoms with Gasteiger partial charge in [-0.05, 0) is 59.6 Å². The highest BCUT2D eigenvalue weighted by Gasteiger charge is 2.30. The van der Waals surface area contributed by atoms with Gasteiger partial charge in [0, 0.05) is 11.6 Å². The Morgan fingerprint density at radius 1 is 1.06 bits per heavy atom. The molecule has 3 rings (SSSR count). The molecule has 0 amide bonds. The summed E-state index contributed by atoms with van der Waals surface area (Å²) in [6, 6.07) is 16.5. The Balaban J connectivity index is 1.74. The molecule has 0 saturated heterocycles. The van der Waals surface area contributed by atoms with Crippen molar-refractivity contribution in [2.24, 2.45) is 0 Å². The van der Waals surface area contributed by atoms with Crippen molar-refractivity contribution in [2.45, 2.75) is 25.2 Å². The molecule has 0 spiro atoms. The molecule has 0 heterocycles. The van der Waals surface area contributed by atoms with Gasteiger partial charge in [0.25, 0.3) is 0 Å². The van der Waals surface area contributed by atoms with Crippen molar-refractivity contribution in [3.05, 3.63) is 89.0 Å². The van der Waals surface area contributed by atoms with Crippen molar-refractivity contribution in [3.63, 3.8) is 0 Å². The standard InChI is InChI=1S/C25H22F3NO4/c1-29-23(13-24(31)32)22-10-9-21(12-19(22)14-30)33-15-16-3-2-4-18(11-16)17-5-7-20(8-6-17)25(26,27)28/h2-12,14,23,29H,13,15H2,1H3,(H,31,32). The van der Waals surface area contributed by atoms with E-state index in [4.69, 9.17) is 9.84 Å². The minimum atomic E-state index is -4.38. The summed E-state index contributed by atoms with van der Waals surface area (Å²) in [5, 5.41) is 11.9. The van der Waals surface area contributed by atoms with Crippen LogP contribution >= 0.6 is 0 Å². The lowest BCUT2D eigenvalue weighted by molar-refractivity contribution is -0.138. The fourth-order valence-corrected chi connectivity index (χ4v) is 3.46. The zero-order valence-electron chi connectivity index (χ0n) is 17.7. The van der Waals surface area contributed by atoms with E-state index in [1.165, 1.54) is 12.1 Å². The monoisotopic (exact) mass is 457 g/mol. The molecule has 0 radical (unpaired) electrons. The van der Waals surface area contributed by atoms with Gasteiger partial charge in [0.1, 0.15) is 12.4 Å². The maximum Gasteiger partial charge on any atom is 0.416 e. The quantitative estimate of drug-likeness (QED) is 0.415. The molecule has 33 heavy (non-hydrogen) atoms. The Bertz CT molecular complexity index is 1130. The number of carbonyl (C=O) groups excluding carboxylic acids is 1. The summed E-state index contributed by atoms with van der Waals surface area (Å²) >= 11 is 0. The van der Waals surface area contributed by atoms with E-state index in [0.717, 1.165) is 23.3 Å². The van der Waals surface area contributed by atoms with Gasteiger partial charge in [0.15, 0.2) is 6.29 Å². The van der Waals surface area contributed by atoms with Gasteiger partial charge in [-0.25, -0.2) is 0 Å². The number of benzene rings is 3. The zero-order valence-corrected chi connectivity index (χ0v) is 17.7. The first-order valence-corrected chi connectivity index (χ1v) is 10.1. The van der Waals surface area contributed by atoms with Crippen molar-refractivity contribution >= 4 is 12.3 Å². The maximum absolute atomic E-state index is 12.8. The topological polar surface area (TPSA) is 75.6 Å². The summed E-state index contributed by atoms with van der Waals surface area (Å²) in [4.78, 5) is 22.6. The van der Waals surface area contributed by atoms with E-state index in [9.17, 15) is 22.8 Å². The highest BCUT2D eigenvalue weighted by molar-refractivity contribution is 5.79. The van der Waals surface area contributed by atoms with Crippen LogP contribution in [-0.4, -0.2) is 24.4 Å². The van der Waals surface area contributed by atoms with Gasteiger partial charge < -0.3 is 15.2 Å². The number of ether oxygens (including phenoxy) is 1. The number of aldehydes is 1.